The van der Waals surface area contributed by atoms with E-state index in [-0.39, 0.29) is 0 Å². The zero-order valence-corrected chi connectivity index (χ0v) is 7.09. The molecule has 0 aromatic heterocycles. The Labute approximate surface area is 73.1 Å². The molecule has 1 nitrogen and oxygen atoms in total. The molecule has 0 atom stereocenters. The van der Waals surface area contributed by atoms with Crippen molar-refractivity contribution >= 4 is 6.08 Å². The Morgan fingerprint density at radius 3 is 2.67 bits per heavy atom. The second-order valence-electron chi connectivity index (χ2n) is 3.14. The molecule has 1 aliphatic heterocycles. The summed E-state index contributed by atoms with van der Waals surface area (Å²) in [6.07, 6.45) is 3.48. The first-order valence-electron chi connectivity index (χ1n) is 4.40. The van der Waals surface area contributed by atoms with Crippen LogP contribution in [0, 0.1) is 0 Å². The zero-order chi connectivity index (χ0) is 8.23. The number of rotatable bonds is 1. The quantitative estimate of drug-likeness (QED) is 0.661. The van der Waals surface area contributed by atoms with Crippen LogP contribution in [0.5, 0.6) is 0 Å². The van der Waals surface area contributed by atoms with E-state index in [2.05, 4.69) is 41.7 Å². The largest absolute Gasteiger partial charge is 0.313 e. The fourth-order valence-corrected chi connectivity index (χ4v) is 1.49. The number of benzene rings is 1. The van der Waals surface area contributed by atoms with Crippen LogP contribution in [0.25, 0.3) is 6.08 Å². The van der Waals surface area contributed by atoms with Crippen LogP contribution in [-0.2, 0) is 0 Å². The summed E-state index contributed by atoms with van der Waals surface area (Å²) >= 11 is 0. The molecule has 1 saturated heterocycles. The Balaban J connectivity index is 2.16. The van der Waals surface area contributed by atoms with E-state index in [9.17, 15) is 0 Å². The molecule has 1 heterocycles. The van der Waals surface area contributed by atoms with Gasteiger partial charge in [-0.25, -0.2) is 0 Å². The Hall–Kier alpha value is -1.08. The van der Waals surface area contributed by atoms with Gasteiger partial charge in [0.1, 0.15) is 0 Å². The van der Waals surface area contributed by atoms with Gasteiger partial charge in [0, 0.05) is 6.54 Å². The van der Waals surface area contributed by atoms with E-state index in [1.165, 1.54) is 17.6 Å². The van der Waals surface area contributed by atoms with Gasteiger partial charge in [-0.15, -0.1) is 0 Å². The van der Waals surface area contributed by atoms with Gasteiger partial charge >= 0.3 is 0 Å². The van der Waals surface area contributed by atoms with Gasteiger partial charge in [0.15, 0.2) is 0 Å². The normalized spacial score (nSPS) is 20.2. The summed E-state index contributed by atoms with van der Waals surface area (Å²) in [5.41, 5.74) is 2.83. The third kappa shape index (κ3) is 1.74. The molecule has 1 N–H and O–H groups in total. The molecule has 1 fully saturated rings. The average Bonchev–Trinajstić information content (AvgIpc) is 2.59. The Kier molecular flexibility index (Phi) is 2.23. The fourth-order valence-electron chi connectivity index (χ4n) is 1.49. The van der Waals surface area contributed by atoms with Crippen LogP contribution in [0.3, 0.4) is 0 Å². The highest BCUT2D eigenvalue weighted by molar-refractivity contribution is 5.53. The van der Waals surface area contributed by atoms with E-state index >= 15 is 0 Å². The van der Waals surface area contributed by atoms with E-state index < -0.39 is 0 Å². The molecular weight excluding hydrogens is 146 g/mol. The lowest BCUT2D eigenvalue weighted by Gasteiger charge is -1.95. The third-order valence-electron chi connectivity index (χ3n) is 2.15. The van der Waals surface area contributed by atoms with E-state index in [1.54, 1.807) is 0 Å². The van der Waals surface area contributed by atoms with Gasteiger partial charge < -0.3 is 5.32 Å². The lowest BCUT2D eigenvalue weighted by atomic mass is 10.1. The average molecular weight is 159 g/mol. The highest BCUT2D eigenvalue weighted by Crippen LogP contribution is 2.11. The summed E-state index contributed by atoms with van der Waals surface area (Å²) in [5.74, 6) is 0. The molecule has 1 heteroatoms. The fraction of sp³-hybridized carbons (Fsp3) is 0.273. The smallest absolute Gasteiger partial charge is 0.0168 e. The minimum absolute atomic E-state index is 1.06. The molecule has 1 aliphatic rings. The van der Waals surface area contributed by atoms with Crippen molar-refractivity contribution in [3.8, 4) is 0 Å². The van der Waals surface area contributed by atoms with E-state index in [0.717, 1.165) is 13.1 Å². The molecule has 0 aliphatic carbocycles. The second kappa shape index (κ2) is 3.55. The third-order valence-corrected chi connectivity index (χ3v) is 2.15. The summed E-state index contributed by atoms with van der Waals surface area (Å²) in [5, 5.41) is 3.32. The van der Waals surface area contributed by atoms with E-state index in [0.29, 0.717) is 0 Å². The van der Waals surface area contributed by atoms with E-state index in [4.69, 9.17) is 0 Å². The van der Waals surface area contributed by atoms with Crippen LogP contribution in [0.4, 0.5) is 0 Å². The highest BCUT2D eigenvalue weighted by atomic mass is 14.9. The molecule has 0 radical (unpaired) electrons. The van der Waals surface area contributed by atoms with Gasteiger partial charge in [0.25, 0.3) is 0 Å². The molecule has 0 unspecified atom stereocenters. The van der Waals surface area contributed by atoms with Gasteiger partial charge in [0.2, 0.25) is 0 Å². The van der Waals surface area contributed by atoms with Crippen LogP contribution in [0.2, 0.25) is 0 Å². The summed E-state index contributed by atoms with van der Waals surface area (Å²) in [6.45, 7) is 2.20. The first kappa shape index (κ1) is 7.56. The van der Waals surface area contributed by atoms with Crippen molar-refractivity contribution in [3.05, 3.63) is 41.5 Å². The van der Waals surface area contributed by atoms with Crippen molar-refractivity contribution < 1.29 is 0 Å². The van der Waals surface area contributed by atoms with Crippen LogP contribution < -0.4 is 5.32 Å². The van der Waals surface area contributed by atoms with Crippen molar-refractivity contribution in [1.29, 1.82) is 0 Å². The van der Waals surface area contributed by atoms with Gasteiger partial charge in [0.05, 0.1) is 0 Å². The Bertz CT molecular complexity index is 266. The Morgan fingerprint density at radius 1 is 1.17 bits per heavy atom. The molecule has 0 spiro atoms. The number of hydrogen-bond acceptors (Lipinski definition) is 1. The zero-order valence-electron chi connectivity index (χ0n) is 7.09. The summed E-state index contributed by atoms with van der Waals surface area (Å²) in [7, 11) is 0. The highest BCUT2D eigenvalue weighted by Gasteiger charge is 2.04. The maximum atomic E-state index is 3.32. The van der Waals surface area contributed by atoms with Crippen molar-refractivity contribution in [2.45, 2.75) is 6.42 Å². The molecule has 1 aromatic rings. The Morgan fingerprint density at radius 2 is 2.00 bits per heavy atom. The first-order valence-corrected chi connectivity index (χ1v) is 4.40. The molecule has 2 rings (SSSR count). The monoisotopic (exact) mass is 159 g/mol. The van der Waals surface area contributed by atoms with Crippen LogP contribution in [0.1, 0.15) is 12.0 Å². The molecule has 62 valence electrons. The summed E-state index contributed by atoms with van der Waals surface area (Å²) < 4.78 is 0. The van der Waals surface area contributed by atoms with Gasteiger partial charge in [-0.05, 0) is 18.5 Å². The minimum atomic E-state index is 1.06. The molecule has 0 bridgehead atoms. The topological polar surface area (TPSA) is 12.0 Å². The second-order valence-corrected chi connectivity index (χ2v) is 3.14. The molecular formula is C11H13N. The SMILES string of the molecule is C(=C1CCNC1)c1ccccc1. The maximum absolute atomic E-state index is 3.32. The van der Waals surface area contributed by atoms with Crippen molar-refractivity contribution in [2.24, 2.45) is 0 Å². The predicted octanol–water partition coefficient (Wildman–Crippen LogP) is 2.06. The minimum Gasteiger partial charge on any atom is -0.313 e. The van der Waals surface area contributed by atoms with Gasteiger partial charge in [-0.1, -0.05) is 42.0 Å². The maximum Gasteiger partial charge on any atom is 0.0168 e. The predicted molar refractivity (Wildman–Crippen MR) is 51.9 cm³/mol. The van der Waals surface area contributed by atoms with Crippen LogP contribution >= 0.6 is 0 Å². The lowest BCUT2D eigenvalue weighted by molar-refractivity contribution is 0.862. The molecule has 12 heavy (non-hydrogen) atoms. The number of nitrogens with one attached hydrogen (secondary N) is 1. The molecule has 0 saturated carbocycles. The standard InChI is InChI=1S/C11H13N/c1-2-4-10(5-3-1)8-11-6-7-12-9-11/h1-5,8,12H,6-7,9H2. The lowest BCUT2D eigenvalue weighted by Crippen LogP contribution is -2.04. The number of hydrogen-bond donors (Lipinski definition) is 1. The van der Waals surface area contributed by atoms with Gasteiger partial charge in [-0.3, -0.25) is 0 Å². The summed E-state index contributed by atoms with van der Waals surface area (Å²) in [6, 6.07) is 10.5. The van der Waals surface area contributed by atoms with Gasteiger partial charge in [-0.2, -0.15) is 0 Å². The van der Waals surface area contributed by atoms with E-state index in [1.807, 2.05) is 0 Å². The van der Waals surface area contributed by atoms with Crippen molar-refractivity contribution in [3.63, 3.8) is 0 Å². The van der Waals surface area contributed by atoms with Crippen LogP contribution in [0.15, 0.2) is 35.9 Å². The summed E-state index contributed by atoms with van der Waals surface area (Å²) in [4.78, 5) is 0. The molecule has 1 aromatic carbocycles. The van der Waals surface area contributed by atoms with Crippen molar-refractivity contribution in [1.82, 2.24) is 5.32 Å². The molecule has 0 amide bonds. The van der Waals surface area contributed by atoms with Crippen molar-refractivity contribution in [2.75, 3.05) is 13.1 Å². The first-order chi connectivity index (χ1) is 5.95. The van der Waals surface area contributed by atoms with Crippen LogP contribution in [-0.4, -0.2) is 13.1 Å².